The molecule has 96 valence electrons. The third-order valence-electron chi connectivity index (χ3n) is 3.34. The molecule has 1 aromatic heterocycles. The van der Waals surface area contributed by atoms with Gasteiger partial charge >= 0.3 is 0 Å². The Labute approximate surface area is 107 Å². The predicted molar refractivity (Wildman–Crippen MR) is 71.6 cm³/mol. The highest BCUT2D eigenvalue weighted by Gasteiger charge is 2.23. The van der Waals surface area contributed by atoms with E-state index in [2.05, 4.69) is 46.9 Å². The van der Waals surface area contributed by atoms with Crippen LogP contribution in [0.1, 0.15) is 25.7 Å². The molecule has 1 atom stereocenters. The van der Waals surface area contributed by atoms with Gasteiger partial charge in [-0.05, 0) is 12.1 Å². The number of nitrogens with zero attached hydrogens (tertiary/aromatic N) is 2. The van der Waals surface area contributed by atoms with Crippen molar-refractivity contribution in [3.8, 4) is 0 Å². The number of hydrogen-bond donors (Lipinski definition) is 1. The van der Waals surface area contributed by atoms with E-state index in [0.717, 1.165) is 24.5 Å². The van der Waals surface area contributed by atoms with Gasteiger partial charge in [0.1, 0.15) is 12.4 Å². The van der Waals surface area contributed by atoms with Crippen LogP contribution in [0, 0.1) is 0 Å². The molecule has 0 spiro atoms. The fourth-order valence-corrected chi connectivity index (χ4v) is 2.49. The Kier molecular flexibility index (Phi) is 3.06. The maximum absolute atomic E-state index is 5.65. The molecule has 18 heavy (non-hydrogen) atoms. The van der Waals surface area contributed by atoms with E-state index in [9.17, 15) is 0 Å². The predicted octanol–water partition coefficient (Wildman–Crippen LogP) is 2.11. The fraction of sp³-hybridized carbons (Fsp3) is 0.500. The lowest BCUT2D eigenvalue weighted by Crippen LogP contribution is -2.35. The molecule has 0 saturated heterocycles. The van der Waals surface area contributed by atoms with E-state index in [4.69, 9.17) is 4.74 Å². The van der Waals surface area contributed by atoms with Crippen LogP contribution in [-0.2, 0) is 11.3 Å². The summed E-state index contributed by atoms with van der Waals surface area (Å²) < 4.78 is 7.97. The van der Waals surface area contributed by atoms with Crippen molar-refractivity contribution >= 4 is 11.0 Å². The summed E-state index contributed by atoms with van der Waals surface area (Å²) in [5, 5.41) is 3.48. The SMILES string of the molecule is CC(C)NC[C@H]1COCc2nc3ccccc3n21. The van der Waals surface area contributed by atoms with Crippen LogP contribution in [-0.4, -0.2) is 28.7 Å². The van der Waals surface area contributed by atoms with Crippen LogP contribution in [0.2, 0.25) is 0 Å². The van der Waals surface area contributed by atoms with Crippen LogP contribution in [0.3, 0.4) is 0 Å². The van der Waals surface area contributed by atoms with Crippen molar-refractivity contribution in [1.29, 1.82) is 0 Å². The van der Waals surface area contributed by atoms with Crippen LogP contribution < -0.4 is 5.32 Å². The number of imidazole rings is 1. The Morgan fingerprint density at radius 1 is 1.44 bits per heavy atom. The summed E-state index contributed by atoms with van der Waals surface area (Å²) >= 11 is 0. The molecule has 4 heteroatoms. The molecule has 1 aliphatic rings. The number of para-hydroxylation sites is 2. The van der Waals surface area contributed by atoms with E-state index in [1.54, 1.807) is 0 Å². The maximum atomic E-state index is 5.65. The number of fused-ring (bicyclic) bond motifs is 3. The van der Waals surface area contributed by atoms with Gasteiger partial charge in [0.15, 0.2) is 0 Å². The molecular formula is C14H19N3O. The zero-order valence-electron chi connectivity index (χ0n) is 10.9. The minimum absolute atomic E-state index is 0.337. The van der Waals surface area contributed by atoms with E-state index in [1.165, 1.54) is 5.52 Å². The van der Waals surface area contributed by atoms with Crippen LogP contribution in [0.25, 0.3) is 11.0 Å². The van der Waals surface area contributed by atoms with E-state index >= 15 is 0 Å². The molecule has 3 rings (SSSR count). The van der Waals surface area contributed by atoms with Gasteiger partial charge in [-0.1, -0.05) is 26.0 Å². The van der Waals surface area contributed by atoms with Gasteiger partial charge in [-0.2, -0.15) is 0 Å². The number of ether oxygens (including phenoxy) is 1. The van der Waals surface area contributed by atoms with Gasteiger partial charge in [0, 0.05) is 12.6 Å². The molecule has 2 aromatic rings. The Hall–Kier alpha value is -1.39. The molecule has 1 aliphatic heterocycles. The van der Waals surface area contributed by atoms with Gasteiger partial charge in [0.2, 0.25) is 0 Å². The Morgan fingerprint density at radius 3 is 3.11 bits per heavy atom. The summed E-state index contributed by atoms with van der Waals surface area (Å²) in [6.45, 7) is 6.62. The van der Waals surface area contributed by atoms with Crippen LogP contribution in [0.4, 0.5) is 0 Å². The third-order valence-corrected chi connectivity index (χ3v) is 3.34. The number of hydrogen-bond acceptors (Lipinski definition) is 3. The molecule has 0 aliphatic carbocycles. The topological polar surface area (TPSA) is 39.1 Å². The normalized spacial score (nSPS) is 19.4. The average molecular weight is 245 g/mol. The van der Waals surface area contributed by atoms with Crippen molar-refractivity contribution in [2.45, 2.75) is 32.5 Å². The summed E-state index contributed by atoms with van der Waals surface area (Å²) in [5.74, 6) is 1.04. The largest absolute Gasteiger partial charge is 0.371 e. The van der Waals surface area contributed by atoms with Gasteiger partial charge in [0.05, 0.1) is 23.7 Å². The smallest absolute Gasteiger partial charge is 0.136 e. The number of nitrogens with one attached hydrogen (secondary N) is 1. The molecule has 1 aromatic carbocycles. The summed E-state index contributed by atoms with van der Waals surface area (Å²) in [6, 6.07) is 9.13. The van der Waals surface area contributed by atoms with Crippen molar-refractivity contribution in [3.63, 3.8) is 0 Å². The van der Waals surface area contributed by atoms with E-state index in [-0.39, 0.29) is 0 Å². The second kappa shape index (κ2) is 4.71. The van der Waals surface area contributed by atoms with Gasteiger partial charge in [-0.25, -0.2) is 4.98 Å². The number of aromatic nitrogens is 2. The quantitative estimate of drug-likeness (QED) is 0.900. The second-order valence-corrected chi connectivity index (χ2v) is 5.12. The number of rotatable bonds is 3. The first-order valence-electron chi connectivity index (χ1n) is 6.52. The van der Waals surface area contributed by atoms with E-state index in [1.807, 2.05) is 6.07 Å². The van der Waals surface area contributed by atoms with Crippen molar-refractivity contribution in [1.82, 2.24) is 14.9 Å². The third kappa shape index (κ3) is 2.02. The van der Waals surface area contributed by atoms with Gasteiger partial charge < -0.3 is 14.6 Å². The summed E-state index contributed by atoms with van der Waals surface area (Å²) in [6.07, 6.45) is 0. The minimum Gasteiger partial charge on any atom is -0.371 e. The van der Waals surface area contributed by atoms with E-state index in [0.29, 0.717) is 18.7 Å². The van der Waals surface area contributed by atoms with Crippen molar-refractivity contribution in [2.75, 3.05) is 13.2 Å². The maximum Gasteiger partial charge on any atom is 0.136 e. The van der Waals surface area contributed by atoms with Crippen LogP contribution in [0.5, 0.6) is 0 Å². The highest BCUT2D eigenvalue weighted by atomic mass is 16.5. The molecular weight excluding hydrogens is 226 g/mol. The fourth-order valence-electron chi connectivity index (χ4n) is 2.49. The molecule has 1 N–H and O–H groups in total. The zero-order chi connectivity index (χ0) is 12.5. The molecule has 0 bridgehead atoms. The Bertz CT molecular complexity index is 547. The average Bonchev–Trinajstić information content (AvgIpc) is 2.75. The summed E-state index contributed by atoms with van der Waals surface area (Å²) in [5.41, 5.74) is 2.28. The Balaban J connectivity index is 1.98. The Morgan fingerprint density at radius 2 is 2.28 bits per heavy atom. The molecule has 0 fully saturated rings. The van der Waals surface area contributed by atoms with Crippen molar-refractivity contribution < 1.29 is 4.74 Å². The lowest BCUT2D eigenvalue weighted by atomic mass is 10.2. The summed E-state index contributed by atoms with van der Waals surface area (Å²) in [4.78, 5) is 4.64. The monoisotopic (exact) mass is 245 g/mol. The molecule has 0 saturated carbocycles. The first kappa shape index (κ1) is 11.7. The van der Waals surface area contributed by atoms with E-state index < -0.39 is 0 Å². The second-order valence-electron chi connectivity index (χ2n) is 5.12. The highest BCUT2D eigenvalue weighted by molar-refractivity contribution is 5.76. The van der Waals surface area contributed by atoms with Gasteiger partial charge in [-0.3, -0.25) is 0 Å². The minimum atomic E-state index is 0.337. The molecule has 0 radical (unpaired) electrons. The first-order chi connectivity index (χ1) is 8.75. The first-order valence-corrected chi connectivity index (χ1v) is 6.52. The molecule has 0 unspecified atom stereocenters. The van der Waals surface area contributed by atoms with Gasteiger partial charge in [0.25, 0.3) is 0 Å². The van der Waals surface area contributed by atoms with Crippen molar-refractivity contribution in [2.24, 2.45) is 0 Å². The summed E-state index contributed by atoms with van der Waals surface area (Å²) in [7, 11) is 0. The standard InChI is InChI=1S/C14H19N3O/c1-10(2)15-7-11-8-18-9-14-16-12-5-3-4-6-13(12)17(11)14/h3-6,10-11,15H,7-9H2,1-2H3/t11-/m0/s1. The molecule has 2 heterocycles. The lowest BCUT2D eigenvalue weighted by molar-refractivity contribution is 0.0559. The van der Waals surface area contributed by atoms with Gasteiger partial charge in [-0.15, -0.1) is 0 Å². The number of benzene rings is 1. The van der Waals surface area contributed by atoms with Crippen molar-refractivity contribution in [3.05, 3.63) is 30.1 Å². The van der Waals surface area contributed by atoms with Crippen LogP contribution >= 0.6 is 0 Å². The van der Waals surface area contributed by atoms with Crippen LogP contribution in [0.15, 0.2) is 24.3 Å². The molecule has 0 amide bonds. The lowest BCUT2D eigenvalue weighted by Gasteiger charge is -2.27. The molecule has 4 nitrogen and oxygen atoms in total. The zero-order valence-corrected chi connectivity index (χ0v) is 10.9. The highest BCUT2D eigenvalue weighted by Crippen LogP contribution is 2.25.